The molecule has 0 aliphatic heterocycles. The van der Waals surface area contributed by atoms with Crippen molar-refractivity contribution in [2.24, 2.45) is 0 Å². The van der Waals surface area contributed by atoms with E-state index in [1.165, 1.54) is 10.9 Å². The van der Waals surface area contributed by atoms with Crippen molar-refractivity contribution in [1.29, 1.82) is 0 Å². The van der Waals surface area contributed by atoms with Crippen LogP contribution in [-0.4, -0.2) is 40.6 Å². The summed E-state index contributed by atoms with van der Waals surface area (Å²) in [6.07, 6.45) is 5.28. The number of hydrogen-bond acceptors (Lipinski definition) is 3. The summed E-state index contributed by atoms with van der Waals surface area (Å²) in [5.41, 5.74) is 2.56. The molecule has 21 heavy (non-hydrogen) atoms. The van der Waals surface area contributed by atoms with Gasteiger partial charge in [0.1, 0.15) is 5.65 Å². The summed E-state index contributed by atoms with van der Waals surface area (Å²) in [6.45, 7) is 9.58. The molecule has 0 spiro atoms. The van der Waals surface area contributed by atoms with Crippen LogP contribution in [0.2, 0.25) is 0 Å². The molecule has 0 amide bonds. The number of hydrogen-bond donors (Lipinski definition) is 1. The van der Waals surface area contributed by atoms with E-state index in [0.29, 0.717) is 0 Å². The van der Waals surface area contributed by atoms with E-state index < -0.39 is 0 Å². The summed E-state index contributed by atoms with van der Waals surface area (Å²) in [4.78, 5) is 6.79. The van der Waals surface area contributed by atoms with Gasteiger partial charge in [0.2, 0.25) is 0 Å². The second-order valence-electron chi connectivity index (χ2n) is 6.98. The van der Waals surface area contributed by atoms with Gasteiger partial charge in [-0.1, -0.05) is 0 Å². The predicted octanol–water partition coefficient (Wildman–Crippen LogP) is 2.88. The van der Waals surface area contributed by atoms with Crippen molar-refractivity contribution in [3.8, 4) is 0 Å². The normalized spacial score (nSPS) is 12.5. The highest BCUT2D eigenvalue weighted by molar-refractivity contribution is 5.80. The summed E-state index contributed by atoms with van der Waals surface area (Å²) in [5, 5.41) is 4.83. The Hall–Kier alpha value is -1.39. The first-order chi connectivity index (χ1) is 9.87. The van der Waals surface area contributed by atoms with E-state index in [-0.39, 0.29) is 5.54 Å². The topological polar surface area (TPSA) is 33.1 Å². The third kappa shape index (κ3) is 4.55. The molecule has 116 valence electrons. The maximum Gasteiger partial charge on any atom is 0.140 e. The molecule has 0 aliphatic rings. The number of nitrogens with one attached hydrogen (secondary N) is 1. The zero-order chi connectivity index (χ0) is 15.5. The van der Waals surface area contributed by atoms with Gasteiger partial charge in [0.15, 0.2) is 0 Å². The van der Waals surface area contributed by atoms with Gasteiger partial charge in [0, 0.05) is 36.4 Å². The first kappa shape index (κ1) is 16.0. The second-order valence-corrected chi connectivity index (χ2v) is 6.98. The molecule has 0 fully saturated rings. The Morgan fingerprint density at radius 1 is 1.29 bits per heavy atom. The van der Waals surface area contributed by atoms with Gasteiger partial charge in [-0.05, 0) is 65.5 Å². The summed E-state index contributed by atoms with van der Waals surface area (Å²) >= 11 is 0. The number of nitrogens with zero attached hydrogens (tertiary/aromatic N) is 3. The molecule has 0 unspecified atom stereocenters. The Balaban J connectivity index is 2.18. The first-order valence-electron chi connectivity index (χ1n) is 7.69. The lowest BCUT2D eigenvalue weighted by atomic mass is 10.1. The monoisotopic (exact) mass is 288 g/mol. The van der Waals surface area contributed by atoms with Crippen molar-refractivity contribution in [2.75, 3.05) is 20.6 Å². The predicted molar refractivity (Wildman–Crippen MR) is 89.5 cm³/mol. The molecule has 4 nitrogen and oxygen atoms in total. The van der Waals surface area contributed by atoms with Crippen molar-refractivity contribution < 1.29 is 0 Å². The Labute approximate surface area is 128 Å². The Morgan fingerprint density at radius 2 is 2.05 bits per heavy atom. The summed E-state index contributed by atoms with van der Waals surface area (Å²) in [6, 6.07) is 4.19. The van der Waals surface area contributed by atoms with Gasteiger partial charge in [-0.25, -0.2) is 4.98 Å². The molecule has 0 aromatic carbocycles. The average Bonchev–Trinajstić information content (AvgIpc) is 2.74. The summed E-state index contributed by atoms with van der Waals surface area (Å²) < 4.78 is 2.29. The Bertz CT molecular complexity index is 578. The molecule has 0 bridgehead atoms. The largest absolute Gasteiger partial charge is 0.332 e. The van der Waals surface area contributed by atoms with Crippen molar-refractivity contribution in [3.05, 3.63) is 30.1 Å². The van der Waals surface area contributed by atoms with Gasteiger partial charge in [0.25, 0.3) is 0 Å². The summed E-state index contributed by atoms with van der Waals surface area (Å²) in [5.74, 6) is 0. The average molecular weight is 288 g/mol. The zero-order valence-electron chi connectivity index (χ0n) is 14.0. The van der Waals surface area contributed by atoms with Crippen molar-refractivity contribution >= 4 is 11.0 Å². The highest BCUT2D eigenvalue weighted by Gasteiger charge is 2.13. The number of rotatable bonds is 6. The van der Waals surface area contributed by atoms with Crippen molar-refractivity contribution in [2.45, 2.75) is 45.8 Å². The van der Waals surface area contributed by atoms with Crippen LogP contribution in [0.3, 0.4) is 0 Å². The molecule has 0 aliphatic carbocycles. The maximum atomic E-state index is 4.57. The van der Waals surface area contributed by atoms with Crippen LogP contribution < -0.4 is 5.32 Å². The van der Waals surface area contributed by atoms with Gasteiger partial charge in [-0.2, -0.15) is 0 Å². The molecule has 4 heteroatoms. The highest BCUT2D eigenvalue weighted by Crippen LogP contribution is 2.20. The molecular weight excluding hydrogens is 260 g/mol. The van der Waals surface area contributed by atoms with Crippen molar-refractivity contribution in [3.63, 3.8) is 0 Å². The molecular formula is C17H28N4. The van der Waals surface area contributed by atoms with Gasteiger partial charge in [-0.3, -0.25) is 0 Å². The molecule has 0 atom stereocenters. The lowest BCUT2D eigenvalue weighted by Crippen LogP contribution is -2.34. The SMILES string of the molecule is CN(C)CCCn1cc(CNC(C)(C)C)c2cccnc21. The fourth-order valence-electron chi connectivity index (χ4n) is 2.42. The van der Waals surface area contributed by atoms with Gasteiger partial charge in [0.05, 0.1) is 0 Å². The van der Waals surface area contributed by atoms with E-state index in [1.807, 2.05) is 12.3 Å². The Kier molecular flexibility index (Phi) is 5.01. The van der Waals surface area contributed by atoms with E-state index in [2.05, 4.69) is 66.9 Å². The molecule has 0 radical (unpaired) electrons. The highest BCUT2D eigenvalue weighted by atomic mass is 15.1. The molecule has 2 rings (SSSR count). The molecule has 2 heterocycles. The third-order valence-electron chi connectivity index (χ3n) is 3.53. The van der Waals surface area contributed by atoms with Crippen LogP contribution in [0.25, 0.3) is 11.0 Å². The van der Waals surface area contributed by atoms with Crippen LogP contribution in [0.15, 0.2) is 24.5 Å². The van der Waals surface area contributed by atoms with Crippen molar-refractivity contribution in [1.82, 2.24) is 19.8 Å². The molecule has 0 saturated carbocycles. The first-order valence-corrected chi connectivity index (χ1v) is 7.69. The smallest absolute Gasteiger partial charge is 0.140 e. The number of aromatic nitrogens is 2. The quantitative estimate of drug-likeness (QED) is 0.887. The number of pyridine rings is 1. The number of fused-ring (bicyclic) bond motifs is 1. The minimum atomic E-state index is 0.127. The molecule has 1 N–H and O–H groups in total. The van der Waals surface area contributed by atoms with E-state index in [0.717, 1.165) is 31.7 Å². The van der Waals surface area contributed by atoms with Gasteiger partial charge in [-0.15, -0.1) is 0 Å². The van der Waals surface area contributed by atoms with Crippen LogP contribution in [0.5, 0.6) is 0 Å². The fourth-order valence-corrected chi connectivity index (χ4v) is 2.42. The lowest BCUT2D eigenvalue weighted by Gasteiger charge is -2.20. The number of aryl methyl sites for hydroxylation is 1. The Morgan fingerprint density at radius 3 is 2.71 bits per heavy atom. The lowest BCUT2D eigenvalue weighted by molar-refractivity contribution is 0.387. The van der Waals surface area contributed by atoms with Crippen LogP contribution in [0.1, 0.15) is 32.8 Å². The van der Waals surface area contributed by atoms with Gasteiger partial charge < -0.3 is 14.8 Å². The van der Waals surface area contributed by atoms with E-state index in [4.69, 9.17) is 0 Å². The molecule has 0 saturated heterocycles. The maximum absolute atomic E-state index is 4.57. The molecule has 2 aromatic rings. The van der Waals surface area contributed by atoms with E-state index in [1.54, 1.807) is 0 Å². The van der Waals surface area contributed by atoms with E-state index >= 15 is 0 Å². The standard InChI is InChI=1S/C17H28N4/c1-17(2,3)19-12-14-13-21(11-7-10-20(4)5)16-15(14)8-6-9-18-16/h6,8-9,13,19H,7,10-12H2,1-5H3. The van der Waals surface area contributed by atoms with E-state index in [9.17, 15) is 0 Å². The van der Waals surface area contributed by atoms with Crippen LogP contribution in [0, 0.1) is 0 Å². The second kappa shape index (κ2) is 6.58. The van der Waals surface area contributed by atoms with Crippen LogP contribution in [0.4, 0.5) is 0 Å². The minimum Gasteiger partial charge on any atom is -0.332 e. The molecule has 2 aromatic heterocycles. The van der Waals surface area contributed by atoms with Crippen LogP contribution in [-0.2, 0) is 13.1 Å². The minimum absolute atomic E-state index is 0.127. The summed E-state index contributed by atoms with van der Waals surface area (Å²) in [7, 11) is 4.23. The fraction of sp³-hybridized carbons (Fsp3) is 0.588. The third-order valence-corrected chi connectivity index (χ3v) is 3.53. The zero-order valence-corrected chi connectivity index (χ0v) is 14.0. The van der Waals surface area contributed by atoms with Gasteiger partial charge >= 0.3 is 0 Å². The van der Waals surface area contributed by atoms with Crippen LogP contribution >= 0.6 is 0 Å².